The third kappa shape index (κ3) is 3.55. The molecule has 0 fully saturated rings. The molecule has 1 N–H and O–H groups in total. The van der Waals surface area contributed by atoms with Crippen molar-refractivity contribution in [2.75, 3.05) is 26.6 Å². The van der Waals surface area contributed by atoms with Gasteiger partial charge in [0.2, 0.25) is 10.9 Å². The molecule has 154 valence electrons. The van der Waals surface area contributed by atoms with Crippen molar-refractivity contribution in [1.29, 1.82) is 0 Å². The predicted molar refractivity (Wildman–Crippen MR) is 116 cm³/mol. The first-order valence-corrected chi connectivity index (χ1v) is 9.89. The van der Waals surface area contributed by atoms with Crippen LogP contribution in [0.25, 0.3) is 15.3 Å². The lowest BCUT2D eigenvalue weighted by molar-refractivity contribution is 0.102. The first kappa shape index (κ1) is 19.7. The van der Waals surface area contributed by atoms with Crippen LogP contribution in [0.2, 0.25) is 0 Å². The van der Waals surface area contributed by atoms with E-state index in [4.69, 9.17) is 14.2 Å². The van der Waals surface area contributed by atoms with Gasteiger partial charge < -0.3 is 19.5 Å². The van der Waals surface area contributed by atoms with Gasteiger partial charge in [-0.15, -0.1) is 0 Å². The molecule has 2 aromatic carbocycles. The molecule has 2 heterocycles. The molecule has 0 atom stereocenters. The minimum atomic E-state index is -0.337. The van der Waals surface area contributed by atoms with E-state index in [9.17, 15) is 4.79 Å². The van der Waals surface area contributed by atoms with E-state index < -0.39 is 0 Å². The molecule has 8 nitrogen and oxygen atoms in total. The molecule has 0 aliphatic heterocycles. The third-order valence-electron chi connectivity index (χ3n) is 4.46. The van der Waals surface area contributed by atoms with Crippen LogP contribution in [-0.2, 0) is 0 Å². The second kappa shape index (κ2) is 8.03. The highest BCUT2D eigenvalue weighted by Crippen LogP contribution is 2.38. The number of aryl methyl sites for hydroxylation is 1. The van der Waals surface area contributed by atoms with Gasteiger partial charge in [0.1, 0.15) is 5.82 Å². The van der Waals surface area contributed by atoms with Crippen LogP contribution in [-0.4, -0.2) is 42.0 Å². The fraction of sp³-hybridized carbons (Fsp3) is 0.190. The van der Waals surface area contributed by atoms with Crippen molar-refractivity contribution in [3.63, 3.8) is 0 Å². The summed E-state index contributed by atoms with van der Waals surface area (Å²) in [6.07, 6.45) is 0. The number of hydrogen-bond donors (Lipinski definition) is 1. The molecular formula is C21H20N4O4S. The number of benzene rings is 2. The van der Waals surface area contributed by atoms with E-state index in [0.29, 0.717) is 33.8 Å². The number of carbonyl (C=O) groups excluding carboxylic acids is 1. The van der Waals surface area contributed by atoms with E-state index in [1.807, 2.05) is 31.2 Å². The van der Waals surface area contributed by atoms with Crippen molar-refractivity contribution in [3.8, 4) is 22.4 Å². The molecule has 2 aromatic heterocycles. The maximum absolute atomic E-state index is 13.0. The molecule has 0 aliphatic rings. The van der Waals surface area contributed by atoms with Gasteiger partial charge >= 0.3 is 0 Å². The Balaban J connectivity index is 1.69. The zero-order chi connectivity index (χ0) is 21.3. The van der Waals surface area contributed by atoms with Gasteiger partial charge in [0, 0.05) is 11.6 Å². The molecule has 0 aliphatic carbocycles. The molecule has 0 radical (unpaired) electrons. The largest absolute Gasteiger partial charge is 0.493 e. The Morgan fingerprint density at radius 1 is 1.03 bits per heavy atom. The van der Waals surface area contributed by atoms with Gasteiger partial charge in [-0.1, -0.05) is 23.5 Å². The Labute approximate surface area is 177 Å². The summed E-state index contributed by atoms with van der Waals surface area (Å²) in [5, 5.41) is 8.08. The fourth-order valence-corrected chi connectivity index (χ4v) is 4.02. The van der Waals surface area contributed by atoms with Gasteiger partial charge in [0.05, 0.1) is 37.2 Å². The molecule has 0 saturated carbocycles. The highest BCUT2D eigenvalue weighted by atomic mass is 32.1. The lowest BCUT2D eigenvalue weighted by Gasteiger charge is -2.14. The highest BCUT2D eigenvalue weighted by molar-refractivity contribution is 7.20. The molecule has 1 amide bonds. The fourth-order valence-electron chi connectivity index (χ4n) is 3.09. The molecular weight excluding hydrogens is 404 g/mol. The number of ether oxygens (including phenoxy) is 3. The normalized spacial score (nSPS) is 10.8. The summed E-state index contributed by atoms with van der Waals surface area (Å²) >= 11 is 1.50. The summed E-state index contributed by atoms with van der Waals surface area (Å²) in [5.74, 6) is 1.41. The Kier molecular flexibility index (Phi) is 5.28. The topological polar surface area (TPSA) is 87.5 Å². The van der Waals surface area contributed by atoms with E-state index in [-0.39, 0.29) is 5.91 Å². The lowest BCUT2D eigenvalue weighted by atomic mass is 10.1. The maximum atomic E-state index is 13.0. The number of anilines is 1. The summed E-state index contributed by atoms with van der Waals surface area (Å²) in [7, 11) is 4.52. The number of rotatable bonds is 6. The number of para-hydroxylation sites is 1. The van der Waals surface area contributed by atoms with Gasteiger partial charge in [-0.2, -0.15) is 9.78 Å². The quantitative estimate of drug-likeness (QED) is 0.502. The Hall–Kier alpha value is -3.59. The van der Waals surface area contributed by atoms with Crippen LogP contribution in [0.3, 0.4) is 0 Å². The van der Waals surface area contributed by atoms with Crippen molar-refractivity contribution in [2.45, 2.75) is 6.92 Å². The second-order valence-corrected chi connectivity index (χ2v) is 7.42. The molecule has 9 heteroatoms. The number of fused-ring (bicyclic) bond motifs is 1. The summed E-state index contributed by atoms with van der Waals surface area (Å²) in [4.78, 5) is 17.6. The molecule has 0 unspecified atom stereocenters. The smallest absolute Gasteiger partial charge is 0.257 e. The van der Waals surface area contributed by atoms with Crippen molar-refractivity contribution in [1.82, 2.24) is 14.8 Å². The second-order valence-electron chi connectivity index (χ2n) is 6.42. The summed E-state index contributed by atoms with van der Waals surface area (Å²) in [6.45, 7) is 1.86. The summed E-state index contributed by atoms with van der Waals surface area (Å²) < 4.78 is 18.7. The van der Waals surface area contributed by atoms with Crippen LogP contribution >= 0.6 is 11.3 Å². The predicted octanol–water partition coefficient (Wildman–Crippen LogP) is 4.07. The van der Waals surface area contributed by atoms with Crippen LogP contribution in [0.1, 0.15) is 16.1 Å². The van der Waals surface area contributed by atoms with E-state index in [1.165, 1.54) is 32.7 Å². The van der Waals surface area contributed by atoms with Gasteiger partial charge in [-0.05, 0) is 31.2 Å². The SMILES string of the molecule is COc1cc(C(=O)Nc2cc(C)nn2-c2nc3ccccc3s2)cc(OC)c1OC. The van der Waals surface area contributed by atoms with E-state index in [1.54, 1.807) is 22.9 Å². The maximum Gasteiger partial charge on any atom is 0.257 e. The minimum Gasteiger partial charge on any atom is -0.493 e. The zero-order valence-electron chi connectivity index (χ0n) is 16.9. The van der Waals surface area contributed by atoms with Gasteiger partial charge in [0.15, 0.2) is 11.5 Å². The number of methoxy groups -OCH3 is 3. The highest BCUT2D eigenvalue weighted by Gasteiger charge is 2.19. The van der Waals surface area contributed by atoms with E-state index in [2.05, 4.69) is 15.4 Å². The zero-order valence-corrected chi connectivity index (χ0v) is 17.7. The van der Waals surface area contributed by atoms with Crippen LogP contribution in [0.4, 0.5) is 5.82 Å². The van der Waals surface area contributed by atoms with E-state index >= 15 is 0 Å². The molecule has 4 aromatic rings. The minimum absolute atomic E-state index is 0.337. The molecule has 0 bridgehead atoms. The lowest BCUT2D eigenvalue weighted by Crippen LogP contribution is -2.15. The van der Waals surface area contributed by atoms with Crippen LogP contribution in [0.5, 0.6) is 17.2 Å². The van der Waals surface area contributed by atoms with Gasteiger partial charge in [-0.3, -0.25) is 4.79 Å². The molecule has 30 heavy (non-hydrogen) atoms. The third-order valence-corrected chi connectivity index (χ3v) is 5.48. The first-order chi connectivity index (χ1) is 14.5. The molecule has 0 spiro atoms. The van der Waals surface area contributed by atoms with Crippen molar-refractivity contribution < 1.29 is 19.0 Å². The number of carbonyl (C=O) groups is 1. The Morgan fingerprint density at radius 2 is 1.73 bits per heavy atom. The molecule has 0 saturated heterocycles. The average Bonchev–Trinajstić information content (AvgIpc) is 3.35. The van der Waals surface area contributed by atoms with E-state index in [0.717, 1.165) is 15.9 Å². The number of hydrogen-bond acceptors (Lipinski definition) is 7. The van der Waals surface area contributed by atoms with Crippen molar-refractivity contribution in [3.05, 3.63) is 53.7 Å². The summed E-state index contributed by atoms with van der Waals surface area (Å²) in [6, 6.07) is 12.8. The van der Waals surface area contributed by atoms with Crippen molar-refractivity contribution >= 4 is 33.3 Å². The first-order valence-electron chi connectivity index (χ1n) is 9.08. The van der Waals surface area contributed by atoms with Crippen LogP contribution in [0.15, 0.2) is 42.5 Å². The Morgan fingerprint density at radius 3 is 2.37 bits per heavy atom. The van der Waals surface area contributed by atoms with Crippen LogP contribution < -0.4 is 19.5 Å². The number of amides is 1. The van der Waals surface area contributed by atoms with Gasteiger partial charge in [-0.25, -0.2) is 4.98 Å². The number of thiazole rings is 1. The number of nitrogens with zero attached hydrogens (tertiary/aromatic N) is 3. The standard InChI is InChI=1S/C21H20N4O4S/c1-12-9-18(25(24-12)21-22-14-7-5-6-8-17(14)30-21)23-20(26)13-10-15(27-2)19(29-4)16(11-13)28-3/h5-11H,1-4H3,(H,23,26). The average molecular weight is 424 g/mol. The van der Waals surface area contributed by atoms with Gasteiger partial charge in [0.25, 0.3) is 5.91 Å². The monoisotopic (exact) mass is 424 g/mol. The van der Waals surface area contributed by atoms with Crippen molar-refractivity contribution in [2.24, 2.45) is 0 Å². The summed E-state index contributed by atoms with van der Waals surface area (Å²) in [5.41, 5.74) is 2.00. The Bertz CT molecular complexity index is 1170. The van der Waals surface area contributed by atoms with Crippen LogP contribution in [0, 0.1) is 6.92 Å². The molecule has 4 rings (SSSR count). The number of nitrogens with one attached hydrogen (secondary N) is 1. The number of aromatic nitrogens is 3.